The van der Waals surface area contributed by atoms with Crippen molar-refractivity contribution in [3.63, 3.8) is 0 Å². The predicted octanol–water partition coefficient (Wildman–Crippen LogP) is 1.98. The van der Waals surface area contributed by atoms with Crippen LogP contribution in [0, 0.1) is 20.8 Å². The molecule has 1 amide bonds. The van der Waals surface area contributed by atoms with Crippen molar-refractivity contribution in [3.05, 3.63) is 34.8 Å². The zero-order valence-corrected chi connectivity index (χ0v) is 13.2. The zero-order chi connectivity index (χ0) is 16.7. The van der Waals surface area contributed by atoms with Crippen LogP contribution in [-0.4, -0.2) is 32.2 Å². The summed E-state index contributed by atoms with van der Waals surface area (Å²) in [5.41, 5.74) is 0.547. The molecule has 0 spiro atoms. The van der Waals surface area contributed by atoms with Crippen molar-refractivity contribution in [3.8, 4) is 5.82 Å². The fourth-order valence-corrected chi connectivity index (χ4v) is 2.21. The summed E-state index contributed by atoms with van der Waals surface area (Å²) >= 11 is 0. The molecule has 2 N–H and O–H groups in total. The Labute approximate surface area is 127 Å². The Morgan fingerprint density at radius 1 is 1.27 bits per heavy atom. The van der Waals surface area contributed by atoms with Gasteiger partial charge in [0.1, 0.15) is 11.3 Å². The van der Waals surface area contributed by atoms with Crippen molar-refractivity contribution in [2.24, 2.45) is 0 Å². The van der Waals surface area contributed by atoms with E-state index in [0.29, 0.717) is 22.8 Å². The van der Waals surface area contributed by atoms with Gasteiger partial charge >= 0.3 is 5.97 Å². The van der Waals surface area contributed by atoms with E-state index in [4.69, 9.17) is 9.63 Å². The molecule has 0 fully saturated rings. The topological polar surface area (TPSA) is 97.4 Å². The van der Waals surface area contributed by atoms with Gasteiger partial charge in [-0.3, -0.25) is 9.36 Å². The van der Waals surface area contributed by atoms with Gasteiger partial charge in [0.15, 0.2) is 5.82 Å². The molecule has 0 atom stereocenters. The lowest BCUT2D eigenvalue weighted by Gasteiger charge is -2.20. The van der Waals surface area contributed by atoms with E-state index in [1.165, 1.54) is 13.8 Å². The molecular weight excluding hydrogens is 286 g/mol. The second-order valence-electron chi connectivity index (χ2n) is 5.80. The smallest absolute Gasteiger partial charge is 0.328 e. The number of nitrogens with one attached hydrogen (secondary N) is 1. The zero-order valence-electron chi connectivity index (χ0n) is 13.2. The summed E-state index contributed by atoms with van der Waals surface area (Å²) in [4.78, 5) is 23.5. The van der Waals surface area contributed by atoms with Gasteiger partial charge in [-0.1, -0.05) is 5.16 Å². The number of carbonyl (C=O) groups is 2. The quantitative estimate of drug-likeness (QED) is 0.900. The molecule has 0 saturated carbocycles. The molecule has 0 aromatic carbocycles. The average Bonchev–Trinajstić information content (AvgIpc) is 2.92. The molecule has 0 unspecified atom stereocenters. The maximum absolute atomic E-state index is 12.4. The lowest BCUT2D eigenvalue weighted by Crippen LogP contribution is -2.49. The van der Waals surface area contributed by atoms with Gasteiger partial charge in [-0.05, 0) is 40.7 Å². The van der Waals surface area contributed by atoms with E-state index >= 15 is 0 Å². The number of aromatic nitrogens is 2. The number of carbonyl (C=O) groups excluding carboxylic acids is 1. The summed E-state index contributed by atoms with van der Waals surface area (Å²) in [5, 5.41) is 15.6. The van der Waals surface area contributed by atoms with Crippen LogP contribution in [0.25, 0.3) is 5.82 Å². The van der Waals surface area contributed by atoms with E-state index in [1.54, 1.807) is 30.5 Å². The maximum Gasteiger partial charge on any atom is 0.328 e. The van der Waals surface area contributed by atoms with E-state index in [1.807, 2.05) is 6.92 Å². The highest BCUT2D eigenvalue weighted by atomic mass is 16.5. The summed E-state index contributed by atoms with van der Waals surface area (Å²) in [6, 6.07) is 3.47. The molecule has 0 saturated heterocycles. The van der Waals surface area contributed by atoms with E-state index < -0.39 is 17.4 Å². The maximum atomic E-state index is 12.4. The largest absolute Gasteiger partial charge is 0.480 e. The normalized spacial score (nSPS) is 11.5. The van der Waals surface area contributed by atoms with Crippen LogP contribution < -0.4 is 5.32 Å². The molecule has 2 rings (SSSR count). The number of carboxylic acid groups (broad SMARTS) is 1. The van der Waals surface area contributed by atoms with Crippen LogP contribution in [0.1, 0.15) is 41.4 Å². The highest BCUT2D eigenvalue weighted by Gasteiger charge is 2.30. The average molecular weight is 305 g/mol. The second kappa shape index (κ2) is 5.32. The minimum absolute atomic E-state index is 0.410. The van der Waals surface area contributed by atoms with E-state index in [9.17, 15) is 9.59 Å². The first-order chi connectivity index (χ1) is 10.1. The van der Waals surface area contributed by atoms with Crippen LogP contribution in [0.5, 0.6) is 0 Å². The van der Waals surface area contributed by atoms with Crippen molar-refractivity contribution < 1.29 is 19.2 Å². The monoisotopic (exact) mass is 305 g/mol. The van der Waals surface area contributed by atoms with Crippen molar-refractivity contribution in [1.82, 2.24) is 15.0 Å². The number of aryl methyl sites for hydroxylation is 2. The minimum Gasteiger partial charge on any atom is -0.480 e. The number of aliphatic carboxylic acids is 1. The molecule has 7 heteroatoms. The number of hydrogen-bond acceptors (Lipinski definition) is 4. The summed E-state index contributed by atoms with van der Waals surface area (Å²) in [5.74, 6) is -0.279. The molecule has 2 aromatic heterocycles. The number of rotatable bonds is 4. The van der Waals surface area contributed by atoms with Crippen LogP contribution in [0.4, 0.5) is 0 Å². The van der Waals surface area contributed by atoms with E-state index in [2.05, 4.69) is 10.5 Å². The molecule has 2 heterocycles. The van der Waals surface area contributed by atoms with E-state index in [-0.39, 0.29) is 0 Å². The van der Waals surface area contributed by atoms with Crippen LogP contribution >= 0.6 is 0 Å². The van der Waals surface area contributed by atoms with Crippen molar-refractivity contribution >= 4 is 11.9 Å². The van der Waals surface area contributed by atoms with Gasteiger partial charge in [0, 0.05) is 17.5 Å². The fraction of sp³-hybridized carbons (Fsp3) is 0.400. The van der Waals surface area contributed by atoms with Crippen LogP contribution in [0.2, 0.25) is 0 Å². The van der Waals surface area contributed by atoms with Gasteiger partial charge in [0.05, 0.1) is 5.56 Å². The first-order valence-corrected chi connectivity index (χ1v) is 6.82. The van der Waals surface area contributed by atoms with Gasteiger partial charge in [-0.15, -0.1) is 0 Å². The molecule has 22 heavy (non-hydrogen) atoms. The number of hydrogen-bond donors (Lipinski definition) is 2. The molecule has 2 aromatic rings. The second-order valence-corrected chi connectivity index (χ2v) is 5.80. The van der Waals surface area contributed by atoms with Gasteiger partial charge in [-0.25, -0.2) is 4.79 Å². The first-order valence-electron chi connectivity index (χ1n) is 6.82. The standard InChI is InChI=1S/C15H19N3O4/c1-8-6-11(13(19)16-15(4,5)14(20)21)10(3)18(8)12-7-9(2)22-17-12/h6-7H,1-5H3,(H,16,19)(H,20,21). The Morgan fingerprint density at radius 3 is 2.41 bits per heavy atom. The SMILES string of the molecule is Cc1cc(-n2c(C)cc(C(=O)NC(C)(C)C(=O)O)c2C)no1. The van der Waals surface area contributed by atoms with E-state index in [0.717, 1.165) is 5.69 Å². The molecule has 0 aliphatic carbocycles. The van der Waals surface area contributed by atoms with Crippen molar-refractivity contribution in [2.45, 2.75) is 40.2 Å². The van der Waals surface area contributed by atoms with Gasteiger partial charge in [0.25, 0.3) is 5.91 Å². The molecule has 0 aliphatic rings. The third-order valence-electron chi connectivity index (χ3n) is 3.48. The molecule has 0 radical (unpaired) electrons. The minimum atomic E-state index is -1.34. The molecule has 118 valence electrons. The Bertz CT molecular complexity index is 740. The fourth-order valence-electron chi connectivity index (χ4n) is 2.21. The van der Waals surface area contributed by atoms with Crippen LogP contribution in [0.15, 0.2) is 16.7 Å². The highest BCUT2D eigenvalue weighted by Crippen LogP contribution is 2.21. The lowest BCUT2D eigenvalue weighted by atomic mass is 10.1. The highest BCUT2D eigenvalue weighted by molar-refractivity contribution is 5.98. The lowest BCUT2D eigenvalue weighted by molar-refractivity contribution is -0.143. The van der Waals surface area contributed by atoms with Crippen molar-refractivity contribution in [2.75, 3.05) is 0 Å². The summed E-state index contributed by atoms with van der Waals surface area (Å²) in [6.45, 7) is 8.28. The first kappa shape index (κ1) is 15.8. The van der Waals surface area contributed by atoms with Gasteiger partial charge in [0.2, 0.25) is 0 Å². The predicted molar refractivity (Wildman–Crippen MR) is 79.2 cm³/mol. The van der Waals surface area contributed by atoms with Gasteiger partial charge in [-0.2, -0.15) is 0 Å². The third-order valence-corrected chi connectivity index (χ3v) is 3.48. The van der Waals surface area contributed by atoms with Crippen molar-refractivity contribution in [1.29, 1.82) is 0 Å². The molecule has 0 aliphatic heterocycles. The number of carboxylic acids is 1. The Hall–Kier alpha value is -2.57. The summed E-state index contributed by atoms with van der Waals surface area (Å²) in [7, 11) is 0. The third kappa shape index (κ3) is 2.74. The number of amides is 1. The Balaban J connectivity index is 2.38. The number of nitrogens with zero attached hydrogens (tertiary/aromatic N) is 2. The van der Waals surface area contributed by atoms with Crippen LogP contribution in [-0.2, 0) is 4.79 Å². The molecular formula is C15H19N3O4. The molecule has 0 bridgehead atoms. The van der Waals surface area contributed by atoms with Crippen LogP contribution in [0.3, 0.4) is 0 Å². The Morgan fingerprint density at radius 2 is 1.91 bits per heavy atom. The summed E-state index contributed by atoms with van der Waals surface area (Å²) < 4.78 is 6.85. The van der Waals surface area contributed by atoms with Gasteiger partial charge < -0.3 is 14.9 Å². The summed E-state index contributed by atoms with van der Waals surface area (Å²) in [6.07, 6.45) is 0. The molecule has 7 nitrogen and oxygen atoms in total. The Kier molecular flexibility index (Phi) is 3.83.